The van der Waals surface area contributed by atoms with Crippen LogP contribution < -0.4 is 10.6 Å². The molecule has 4 rings (SSSR count). The number of para-hydroxylation sites is 1. The number of nitrogen functional groups attached to an aromatic ring is 1. The number of carbonyl (C=O) groups is 1. The normalized spacial score (nSPS) is 16.3. The first kappa shape index (κ1) is 21.1. The molecule has 3 aromatic carbocycles. The summed E-state index contributed by atoms with van der Waals surface area (Å²) >= 11 is 5.89. The maximum absolute atomic E-state index is 13.3. The topological polar surface area (TPSA) is 61.9 Å². The first-order valence-electron chi connectivity index (χ1n) is 9.72. The van der Waals surface area contributed by atoms with E-state index in [1.54, 1.807) is 17.0 Å². The monoisotopic (exact) mass is 446 g/mol. The van der Waals surface area contributed by atoms with Crippen LogP contribution in [0.15, 0.2) is 99.9 Å². The van der Waals surface area contributed by atoms with E-state index in [2.05, 4.69) is 12.6 Å². The Morgan fingerprint density at radius 3 is 2.42 bits per heavy atom. The van der Waals surface area contributed by atoms with E-state index in [4.69, 9.17) is 10.7 Å². The van der Waals surface area contributed by atoms with Crippen molar-refractivity contribution in [3.8, 4) is 0 Å². The Morgan fingerprint density at radius 2 is 1.71 bits per heavy atom. The van der Waals surface area contributed by atoms with Crippen molar-refractivity contribution in [3.05, 3.63) is 95.5 Å². The zero-order valence-electron chi connectivity index (χ0n) is 17.0. The summed E-state index contributed by atoms with van der Waals surface area (Å²) < 4.78 is 0. The fourth-order valence-electron chi connectivity index (χ4n) is 3.15. The lowest BCUT2D eigenvalue weighted by molar-refractivity contribution is -0.122. The van der Waals surface area contributed by atoms with E-state index in [1.807, 2.05) is 84.9 Å². The molecule has 0 atom stereocenters. The fraction of sp³-hybridized carbons (Fsp3) is 0.0833. The zero-order valence-corrected chi connectivity index (χ0v) is 18.7. The van der Waals surface area contributed by atoms with Gasteiger partial charge in [0.2, 0.25) is 0 Å². The summed E-state index contributed by atoms with van der Waals surface area (Å²) in [5.41, 5.74) is 9.17. The minimum Gasteiger partial charge on any atom is -0.399 e. The average molecular weight is 447 g/mol. The second-order valence-corrected chi connectivity index (χ2v) is 8.55. The molecular weight excluding hydrogens is 424 g/mol. The number of anilines is 2. The third kappa shape index (κ3) is 4.95. The van der Waals surface area contributed by atoms with Crippen molar-refractivity contribution >= 4 is 52.5 Å². The molecule has 1 amide bonds. The lowest BCUT2D eigenvalue weighted by Crippen LogP contribution is -2.28. The summed E-state index contributed by atoms with van der Waals surface area (Å²) in [7, 11) is 1.91. The van der Waals surface area contributed by atoms with E-state index in [-0.39, 0.29) is 5.91 Å². The molecule has 1 aliphatic rings. The Kier molecular flexibility index (Phi) is 6.34. The molecule has 5 nitrogen and oxygen atoms in total. The van der Waals surface area contributed by atoms with Crippen molar-refractivity contribution < 1.29 is 4.79 Å². The maximum atomic E-state index is 13.3. The number of benzene rings is 3. The molecule has 0 spiro atoms. The van der Waals surface area contributed by atoms with E-state index < -0.39 is 0 Å². The molecule has 31 heavy (non-hydrogen) atoms. The van der Waals surface area contributed by atoms with Gasteiger partial charge in [0.05, 0.1) is 22.8 Å². The zero-order chi connectivity index (χ0) is 21.8. The fourth-order valence-corrected chi connectivity index (χ4v) is 4.49. The predicted molar refractivity (Wildman–Crippen MR) is 133 cm³/mol. The summed E-state index contributed by atoms with van der Waals surface area (Å²) in [6.07, 6.45) is 1.84. The number of nitrogens with two attached hydrogens (primary N) is 1. The summed E-state index contributed by atoms with van der Waals surface area (Å²) in [6, 6.07) is 25.0. The number of carbonyl (C=O) groups excluding carboxylic acids is 1. The van der Waals surface area contributed by atoms with Gasteiger partial charge in [-0.25, -0.2) is 4.99 Å². The Bertz CT molecular complexity index is 1140. The van der Waals surface area contributed by atoms with E-state index in [0.717, 1.165) is 21.8 Å². The molecule has 1 saturated heterocycles. The van der Waals surface area contributed by atoms with Gasteiger partial charge in [-0.05, 0) is 53.7 Å². The highest BCUT2D eigenvalue weighted by Crippen LogP contribution is 2.35. The number of aliphatic imine (C=N–C) groups is 1. The number of rotatable bonds is 5. The van der Waals surface area contributed by atoms with E-state index >= 15 is 0 Å². The summed E-state index contributed by atoms with van der Waals surface area (Å²) in [5, 5.41) is 0.637. The standard InChI is InChI=1S/C24H22N4OS2/c1-27(20-9-5-6-10-21(20)30)16-22-23(29)28(15-17-7-3-2-4-8-17)24(31-22)26-19-13-11-18(25)12-14-19/h2-14,16,30H,15,25H2,1H3/b22-16+,26-24?. The molecule has 1 heterocycles. The van der Waals surface area contributed by atoms with Crippen molar-refractivity contribution in [1.82, 2.24) is 4.90 Å². The minimum atomic E-state index is -0.0773. The van der Waals surface area contributed by atoms with Crippen molar-refractivity contribution in [1.29, 1.82) is 0 Å². The number of amides is 1. The number of hydrogen-bond acceptors (Lipinski definition) is 6. The molecule has 2 N–H and O–H groups in total. The molecule has 0 radical (unpaired) electrons. The number of thioether (sulfide) groups is 1. The summed E-state index contributed by atoms with van der Waals surface area (Å²) in [6.45, 7) is 0.449. The van der Waals surface area contributed by atoms with Crippen molar-refractivity contribution in [2.75, 3.05) is 17.7 Å². The van der Waals surface area contributed by atoms with Gasteiger partial charge < -0.3 is 10.6 Å². The third-order valence-electron chi connectivity index (χ3n) is 4.76. The van der Waals surface area contributed by atoms with Gasteiger partial charge in [0.15, 0.2) is 5.17 Å². The van der Waals surface area contributed by atoms with Gasteiger partial charge in [-0.2, -0.15) is 0 Å². The van der Waals surface area contributed by atoms with Crippen molar-refractivity contribution in [2.24, 2.45) is 4.99 Å². The molecule has 0 aromatic heterocycles. The molecule has 156 valence electrons. The van der Waals surface area contributed by atoms with Crippen LogP contribution in [0.5, 0.6) is 0 Å². The number of hydrogen-bond donors (Lipinski definition) is 2. The summed E-state index contributed by atoms with van der Waals surface area (Å²) in [4.78, 5) is 23.1. The lowest BCUT2D eigenvalue weighted by Gasteiger charge is -2.17. The first-order valence-corrected chi connectivity index (χ1v) is 11.0. The molecule has 1 fully saturated rings. The molecule has 0 bridgehead atoms. The highest BCUT2D eigenvalue weighted by molar-refractivity contribution is 8.18. The van der Waals surface area contributed by atoms with Crippen LogP contribution in [0.3, 0.4) is 0 Å². The maximum Gasteiger partial charge on any atom is 0.268 e. The van der Waals surface area contributed by atoms with Crippen LogP contribution in [0.4, 0.5) is 17.1 Å². The molecule has 0 unspecified atom stereocenters. The van der Waals surface area contributed by atoms with Crippen LogP contribution in [0.25, 0.3) is 0 Å². The molecule has 0 saturated carbocycles. The minimum absolute atomic E-state index is 0.0773. The second-order valence-electron chi connectivity index (χ2n) is 7.06. The van der Waals surface area contributed by atoms with Gasteiger partial charge >= 0.3 is 0 Å². The Morgan fingerprint density at radius 1 is 1.03 bits per heavy atom. The largest absolute Gasteiger partial charge is 0.399 e. The van der Waals surface area contributed by atoms with E-state index in [9.17, 15) is 4.79 Å². The van der Waals surface area contributed by atoms with Crippen molar-refractivity contribution in [2.45, 2.75) is 11.4 Å². The van der Waals surface area contributed by atoms with E-state index in [1.165, 1.54) is 11.8 Å². The SMILES string of the molecule is CN(/C=C1/SC(=Nc2ccc(N)cc2)N(Cc2ccccc2)C1=O)c1ccccc1S. The van der Waals surface area contributed by atoms with Crippen LogP contribution >= 0.6 is 24.4 Å². The highest BCUT2D eigenvalue weighted by atomic mass is 32.2. The van der Waals surface area contributed by atoms with Crippen LogP contribution in [0.1, 0.15) is 5.56 Å². The summed E-state index contributed by atoms with van der Waals surface area (Å²) in [5.74, 6) is -0.0773. The van der Waals surface area contributed by atoms with Gasteiger partial charge in [0.1, 0.15) is 0 Å². The van der Waals surface area contributed by atoms with Gasteiger partial charge in [-0.3, -0.25) is 9.69 Å². The van der Waals surface area contributed by atoms with Crippen LogP contribution in [-0.2, 0) is 11.3 Å². The Labute approximate surface area is 191 Å². The quantitative estimate of drug-likeness (QED) is 0.317. The second kappa shape index (κ2) is 9.32. The molecule has 7 heteroatoms. The van der Waals surface area contributed by atoms with Gasteiger partial charge in [-0.15, -0.1) is 12.6 Å². The highest BCUT2D eigenvalue weighted by Gasteiger charge is 2.34. The number of thiol groups is 1. The molecular formula is C24H22N4OS2. The molecule has 0 aliphatic carbocycles. The molecule has 1 aliphatic heterocycles. The van der Waals surface area contributed by atoms with Gasteiger partial charge in [-0.1, -0.05) is 42.5 Å². The number of nitrogens with zero attached hydrogens (tertiary/aromatic N) is 3. The van der Waals surface area contributed by atoms with Gasteiger partial charge in [0, 0.05) is 23.8 Å². The third-order valence-corrected chi connectivity index (χ3v) is 6.13. The van der Waals surface area contributed by atoms with Gasteiger partial charge in [0.25, 0.3) is 5.91 Å². The lowest BCUT2D eigenvalue weighted by atomic mass is 10.2. The average Bonchev–Trinajstić information content (AvgIpc) is 3.05. The van der Waals surface area contributed by atoms with E-state index in [0.29, 0.717) is 22.3 Å². The van der Waals surface area contributed by atoms with Crippen LogP contribution in [0.2, 0.25) is 0 Å². The molecule has 3 aromatic rings. The Balaban J connectivity index is 1.68. The van der Waals surface area contributed by atoms with Crippen molar-refractivity contribution in [3.63, 3.8) is 0 Å². The number of amidine groups is 1. The predicted octanol–water partition coefficient (Wildman–Crippen LogP) is 5.30. The Hall–Kier alpha value is -3.16. The van der Waals surface area contributed by atoms with Crippen LogP contribution in [0, 0.1) is 0 Å². The first-order chi connectivity index (χ1) is 15.0. The van der Waals surface area contributed by atoms with Crippen LogP contribution in [-0.4, -0.2) is 23.0 Å². The smallest absolute Gasteiger partial charge is 0.268 e.